The van der Waals surface area contributed by atoms with E-state index in [0.29, 0.717) is 0 Å². The summed E-state index contributed by atoms with van der Waals surface area (Å²) < 4.78 is 0. The summed E-state index contributed by atoms with van der Waals surface area (Å²) in [6.45, 7) is 0. The molecule has 0 aromatic rings. The van der Waals surface area contributed by atoms with Crippen molar-refractivity contribution in [2.24, 2.45) is 5.16 Å². The van der Waals surface area contributed by atoms with Gasteiger partial charge in [0.25, 0.3) is 0 Å². The monoisotopic (exact) mass is 195 g/mol. The van der Waals surface area contributed by atoms with Gasteiger partial charge in [-0.2, -0.15) is 0 Å². The average molecular weight is 196 g/mol. The summed E-state index contributed by atoms with van der Waals surface area (Å²) in [4.78, 5) is 2.40. The van der Waals surface area contributed by atoms with Gasteiger partial charge in [0.05, 0.1) is 0 Å². The minimum Gasteiger partial charge on any atom is -0.410 e. The minimum absolute atomic E-state index is 1.04. The number of nitrogens with zero attached hydrogens (tertiary/aromatic N) is 1. The van der Waals surface area contributed by atoms with Crippen molar-refractivity contribution in [1.29, 1.82) is 0 Å². The SMILES string of the molecule is O/N=C/C#CC#CC#CBr. The van der Waals surface area contributed by atoms with Gasteiger partial charge < -0.3 is 5.21 Å². The standard InChI is InChI=1S/C7H2BrNO/c8-6-4-2-1-3-5-7-9-10/h7,10H/b9-7+. The molecule has 10 heavy (non-hydrogen) atoms. The first-order valence-electron chi connectivity index (χ1n) is 2.19. The highest BCUT2D eigenvalue weighted by Gasteiger charge is 1.55. The van der Waals surface area contributed by atoms with E-state index < -0.39 is 0 Å². The molecule has 0 aromatic carbocycles. The van der Waals surface area contributed by atoms with E-state index in [1.54, 1.807) is 0 Å². The van der Waals surface area contributed by atoms with Crippen molar-refractivity contribution in [2.45, 2.75) is 0 Å². The van der Waals surface area contributed by atoms with Crippen LogP contribution in [0.4, 0.5) is 0 Å². The van der Waals surface area contributed by atoms with E-state index in [1.807, 2.05) is 0 Å². The molecular formula is C7H2BrNO. The molecule has 0 saturated carbocycles. The number of hydrogen-bond donors (Lipinski definition) is 1. The van der Waals surface area contributed by atoms with Crippen LogP contribution in [-0.4, -0.2) is 11.4 Å². The molecule has 0 aliphatic heterocycles. The zero-order valence-corrected chi connectivity index (χ0v) is 6.44. The van der Waals surface area contributed by atoms with Crippen molar-refractivity contribution in [3.8, 4) is 34.4 Å². The second kappa shape index (κ2) is 7.63. The van der Waals surface area contributed by atoms with Gasteiger partial charge in [0.1, 0.15) is 6.21 Å². The molecule has 0 aliphatic rings. The van der Waals surface area contributed by atoms with Crippen molar-refractivity contribution < 1.29 is 5.21 Å². The highest BCUT2D eigenvalue weighted by atomic mass is 79.9. The summed E-state index contributed by atoms with van der Waals surface area (Å²) in [6.07, 6.45) is 1.04. The largest absolute Gasteiger partial charge is 0.410 e. The molecular weight excluding hydrogens is 194 g/mol. The maximum atomic E-state index is 7.85. The molecule has 1 N–H and O–H groups in total. The van der Waals surface area contributed by atoms with E-state index in [4.69, 9.17) is 5.21 Å². The second-order valence-corrected chi connectivity index (χ2v) is 1.38. The van der Waals surface area contributed by atoms with E-state index in [1.165, 1.54) is 0 Å². The van der Waals surface area contributed by atoms with Gasteiger partial charge in [-0.15, -0.1) is 0 Å². The molecule has 2 nitrogen and oxygen atoms in total. The summed E-state index contributed by atoms with van der Waals surface area (Å²) in [7, 11) is 0. The molecule has 0 spiro atoms. The Bertz CT molecular complexity index is 287. The van der Waals surface area contributed by atoms with Gasteiger partial charge in [-0.3, -0.25) is 0 Å². The average Bonchev–Trinajstić information content (AvgIpc) is 1.97. The summed E-state index contributed by atoms with van der Waals surface area (Å²) in [5, 5.41) is 10.5. The van der Waals surface area contributed by atoms with Crippen LogP contribution < -0.4 is 0 Å². The third-order valence-corrected chi connectivity index (χ3v) is 0.627. The molecule has 0 unspecified atom stereocenters. The van der Waals surface area contributed by atoms with Crippen LogP contribution in [0.3, 0.4) is 0 Å². The van der Waals surface area contributed by atoms with Crippen LogP contribution in [-0.2, 0) is 0 Å². The summed E-state index contributed by atoms with van der Waals surface area (Å²) >= 11 is 2.85. The zero-order chi connectivity index (χ0) is 7.66. The molecule has 0 radical (unpaired) electrons. The third-order valence-electron chi connectivity index (χ3n) is 0.429. The Labute approximate surface area is 67.4 Å². The molecule has 0 saturated heterocycles. The minimum atomic E-state index is 1.04. The molecule has 3 heteroatoms. The molecule has 0 bridgehead atoms. The topological polar surface area (TPSA) is 32.6 Å². The van der Waals surface area contributed by atoms with Gasteiger partial charge in [0.2, 0.25) is 0 Å². The van der Waals surface area contributed by atoms with Crippen LogP contribution in [0.2, 0.25) is 0 Å². The molecule has 48 valence electrons. The van der Waals surface area contributed by atoms with Crippen LogP contribution in [0.5, 0.6) is 0 Å². The first-order chi connectivity index (χ1) is 4.91. The Balaban J connectivity index is 3.86. The Hall–Kier alpha value is -1.37. The van der Waals surface area contributed by atoms with Crippen molar-refractivity contribution in [3.63, 3.8) is 0 Å². The number of halogens is 1. The van der Waals surface area contributed by atoms with E-state index in [2.05, 4.69) is 55.5 Å². The van der Waals surface area contributed by atoms with Crippen molar-refractivity contribution >= 4 is 22.1 Å². The van der Waals surface area contributed by atoms with E-state index in [9.17, 15) is 0 Å². The highest BCUT2D eigenvalue weighted by molar-refractivity contribution is 9.12. The first-order valence-corrected chi connectivity index (χ1v) is 2.98. The van der Waals surface area contributed by atoms with Gasteiger partial charge >= 0.3 is 0 Å². The molecule has 0 heterocycles. The van der Waals surface area contributed by atoms with Crippen LogP contribution in [0.25, 0.3) is 0 Å². The lowest BCUT2D eigenvalue weighted by Crippen LogP contribution is -1.61. The molecule has 0 fully saturated rings. The lowest BCUT2D eigenvalue weighted by molar-refractivity contribution is 0.322. The Morgan fingerprint density at radius 2 is 1.90 bits per heavy atom. The van der Waals surface area contributed by atoms with E-state index in [0.717, 1.165) is 6.21 Å². The smallest absolute Gasteiger partial charge is 0.117 e. The van der Waals surface area contributed by atoms with Crippen molar-refractivity contribution in [1.82, 2.24) is 0 Å². The predicted molar refractivity (Wildman–Crippen MR) is 42.5 cm³/mol. The first kappa shape index (κ1) is 8.63. The molecule has 0 atom stereocenters. The molecule has 0 aliphatic carbocycles. The van der Waals surface area contributed by atoms with Crippen LogP contribution in [0.1, 0.15) is 0 Å². The predicted octanol–water partition coefficient (Wildman–Crippen LogP) is 0.809. The van der Waals surface area contributed by atoms with E-state index >= 15 is 0 Å². The number of rotatable bonds is 0. The van der Waals surface area contributed by atoms with Crippen molar-refractivity contribution in [2.75, 3.05) is 0 Å². The van der Waals surface area contributed by atoms with Gasteiger partial charge in [-0.05, 0) is 34.4 Å². The van der Waals surface area contributed by atoms with Gasteiger partial charge in [-0.1, -0.05) is 5.16 Å². The fourth-order valence-corrected chi connectivity index (χ4v) is 0.282. The van der Waals surface area contributed by atoms with Gasteiger partial charge in [-0.25, -0.2) is 0 Å². The van der Waals surface area contributed by atoms with Gasteiger partial charge in [0, 0.05) is 15.9 Å². The lowest BCUT2D eigenvalue weighted by Gasteiger charge is -1.58. The van der Waals surface area contributed by atoms with E-state index in [-0.39, 0.29) is 0 Å². The fraction of sp³-hybridized carbons (Fsp3) is 0. The Morgan fingerprint density at radius 1 is 1.20 bits per heavy atom. The summed E-state index contributed by atoms with van der Waals surface area (Å²) in [5.41, 5.74) is 0. The van der Waals surface area contributed by atoms with Crippen LogP contribution in [0.15, 0.2) is 5.16 Å². The third kappa shape index (κ3) is 6.63. The normalized spacial score (nSPS) is 6.10. The number of hydrogen-bond acceptors (Lipinski definition) is 2. The maximum Gasteiger partial charge on any atom is 0.117 e. The maximum absolute atomic E-state index is 7.85. The quantitative estimate of drug-likeness (QED) is 0.264. The van der Waals surface area contributed by atoms with Crippen LogP contribution in [0, 0.1) is 34.4 Å². The second-order valence-electron chi connectivity index (χ2n) is 0.983. The summed E-state index contributed by atoms with van der Waals surface area (Å²) in [6, 6.07) is 0. The molecule has 0 amide bonds. The highest BCUT2D eigenvalue weighted by Crippen LogP contribution is 1.65. The zero-order valence-electron chi connectivity index (χ0n) is 4.85. The van der Waals surface area contributed by atoms with Crippen LogP contribution >= 0.6 is 15.9 Å². The lowest BCUT2D eigenvalue weighted by atomic mass is 10.5. The fourth-order valence-electron chi connectivity index (χ4n) is 0.183. The molecule has 0 rings (SSSR count). The number of oxime groups is 1. The summed E-state index contributed by atoms with van der Waals surface area (Å²) in [5.74, 6) is 12.0. The van der Waals surface area contributed by atoms with Gasteiger partial charge in [0.15, 0.2) is 0 Å². The Kier molecular flexibility index (Phi) is 6.58. The van der Waals surface area contributed by atoms with Crippen molar-refractivity contribution in [3.05, 3.63) is 0 Å². The molecule has 0 aromatic heterocycles. The Morgan fingerprint density at radius 3 is 2.50 bits per heavy atom.